The first-order valence-electron chi connectivity index (χ1n) is 19.6. The minimum absolute atomic E-state index is 0.0338. The zero-order chi connectivity index (χ0) is 40.7. The van der Waals surface area contributed by atoms with Crippen LogP contribution in [0.3, 0.4) is 0 Å². The maximum Gasteiger partial charge on any atom is 0.270 e. The largest absolute Gasteiger partial charge is 0.493 e. The van der Waals surface area contributed by atoms with Gasteiger partial charge in [0.05, 0.1) is 34.8 Å². The van der Waals surface area contributed by atoms with E-state index < -0.39 is 23.7 Å². The van der Waals surface area contributed by atoms with E-state index in [2.05, 4.69) is 4.99 Å². The second-order valence-corrected chi connectivity index (χ2v) is 13.8. The van der Waals surface area contributed by atoms with Crippen LogP contribution in [-0.4, -0.2) is 42.1 Å². The number of hydrogen-bond donors (Lipinski definition) is 0. The van der Waals surface area contributed by atoms with Crippen LogP contribution in [0.5, 0.6) is 17.2 Å². The van der Waals surface area contributed by atoms with Crippen LogP contribution < -0.4 is 24.0 Å². The molecule has 0 aliphatic carbocycles. The van der Waals surface area contributed by atoms with Crippen LogP contribution in [0.1, 0.15) is 66.0 Å². The molecule has 0 N–H and O–H groups in total. The number of methoxy groups -OCH3 is 1. The highest BCUT2D eigenvalue weighted by atomic mass is 16.6. The number of anilines is 2. The van der Waals surface area contributed by atoms with Gasteiger partial charge in [-0.1, -0.05) is 36.4 Å². The number of fused-ring (bicyclic) bond motifs is 8. The fraction of sp³-hybridized carbons (Fsp3) is 0.233. The van der Waals surface area contributed by atoms with Crippen molar-refractivity contribution in [3.63, 3.8) is 0 Å². The summed E-state index contributed by atoms with van der Waals surface area (Å²) in [5.41, 5.74) is 4.54. The number of nitro groups is 1. The zero-order valence-electron chi connectivity index (χ0n) is 33.4. The van der Waals surface area contributed by atoms with Crippen LogP contribution in [0.4, 0.5) is 22.7 Å². The van der Waals surface area contributed by atoms with E-state index in [1.165, 1.54) is 19.2 Å². The lowest BCUT2D eigenvalue weighted by atomic mass is 9.99. The van der Waals surface area contributed by atoms with Crippen molar-refractivity contribution in [3.8, 4) is 17.2 Å². The minimum Gasteiger partial charge on any atom is -0.493 e. The summed E-state index contributed by atoms with van der Waals surface area (Å²) in [5.74, 6) is -0.370. The number of carbonyl (C=O) groups is 2. The Hall–Kier alpha value is -6.49. The predicted octanol–water partition coefficient (Wildman–Crippen LogP) is 7.87. The van der Waals surface area contributed by atoms with Gasteiger partial charge in [-0.05, 0) is 96.0 Å². The lowest BCUT2D eigenvalue weighted by Crippen LogP contribution is -2.37. The number of aryl methyl sites for hydroxylation is 2. The van der Waals surface area contributed by atoms with Gasteiger partial charge in [-0.25, -0.2) is 0 Å². The van der Waals surface area contributed by atoms with E-state index in [1.807, 2.05) is 53.4 Å². The average molecular weight is 725 g/mol. The molecular weight excluding hydrogens is 684 g/mol. The second kappa shape index (κ2) is 13.2. The van der Waals surface area contributed by atoms with Gasteiger partial charge in [0.25, 0.3) is 17.5 Å². The number of rotatable bonds is 8. The van der Waals surface area contributed by atoms with E-state index in [0.717, 1.165) is 47.1 Å². The van der Waals surface area contributed by atoms with E-state index in [0.29, 0.717) is 41.5 Å². The molecule has 0 fully saturated rings. The summed E-state index contributed by atoms with van der Waals surface area (Å²) in [4.78, 5) is 47.3. The third-order valence-corrected chi connectivity index (χ3v) is 10.5. The Kier molecular flexibility index (Phi) is 7.08. The van der Waals surface area contributed by atoms with Crippen LogP contribution in [0, 0.1) is 17.0 Å². The molecule has 0 saturated heterocycles. The van der Waals surface area contributed by atoms with E-state index in [1.54, 1.807) is 30.2 Å². The normalized spacial score (nSPS) is 19.4. The average Bonchev–Trinajstić information content (AvgIpc) is 3.69. The lowest BCUT2D eigenvalue weighted by Gasteiger charge is -2.23. The van der Waals surface area contributed by atoms with Crippen LogP contribution >= 0.6 is 0 Å². The lowest BCUT2D eigenvalue weighted by molar-refractivity contribution is -0.385. The van der Waals surface area contributed by atoms with Crippen LogP contribution in [-0.2, 0) is 32.4 Å². The minimum atomic E-state index is -2.76. The molecule has 11 nitrogen and oxygen atoms in total. The number of aliphatic imine (C=N–C) groups is 1. The van der Waals surface area contributed by atoms with Crippen LogP contribution in [0.15, 0.2) is 96.0 Å². The molecule has 9 rings (SSSR count). The standard InChI is InChI=1S/C43H36N4O7/c1-25-13-35-36(44-22-33-18-30-8-4-6-10-38(30)46(33)43(35)49)21-39(25)53-23-26-14-27(16-32(15-26)47(50)51)24-54-41-19-28-11-12-31-17-29-7-3-5-9-37(29)45(31)42(48)34(28)20-40(41)52-2/h3-10,13-16,19-22,31,33H,11-12,17-18,23-24H2,1-2H3/t31-,33+/m1/s1/i23D2,24D2. The van der Waals surface area contributed by atoms with Crippen molar-refractivity contribution in [1.29, 1.82) is 0 Å². The zero-order valence-corrected chi connectivity index (χ0v) is 29.4. The summed E-state index contributed by atoms with van der Waals surface area (Å²) in [7, 11) is 1.37. The molecule has 4 aliphatic heterocycles. The van der Waals surface area contributed by atoms with E-state index in [-0.39, 0.29) is 58.0 Å². The summed E-state index contributed by atoms with van der Waals surface area (Å²) in [6, 6.07) is 24.3. The van der Waals surface area contributed by atoms with Crippen molar-refractivity contribution in [3.05, 3.63) is 146 Å². The molecule has 0 spiro atoms. The summed E-state index contributed by atoms with van der Waals surface area (Å²) >= 11 is 0. The quantitative estimate of drug-likeness (QED) is 0.118. The molecule has 5 aromatic rings. The molecule has 11 heteroatoms. The fourth-order valence-corrected chi connectivity index (χ4v) is 7.88. The first kappa shape index (κ1) is 29.0. The molecule has 0 bridgehead atoms. The van der Waals surface area contributed by atoms with E-state index in [4.69, 9.17) is 19.7 Å². The molecule has 2 atom stereocenters. The molecule has 0 unspecified atom stereocenters. The maximum atomic E-state index is 14.0. The van der Waals surface area contributed by atoms with Crippen LogP contribution in [0.2, 0.25) is 0 Å². The number of para-hydroxylation sites is 2. The number of non-ortho nitro benzene ring substituents is 1. The van der Waals surface area contributed by atoms with E-state index >= 15 is 0 Å². The van der Waals surface area contributed by atoms with Gasteiger partial charge in [0.2, 0.25) is 0 Å². The Labute approximate surface area is 317 Å². The van der Waals surface area contributed by atoms with Gasteiger partial charge in [-0.15, -0.1) is 0 Å². The number of carbonyl (C=O) groups excluding carboxylic acids is 2. The van der Waals surface area contributed by atoms with Gasteiger partial charge in [-0.3, -0.25) is 29.6 Å². The Balaban J connectivity index is 1.01. The summed E-state index contributed by atoms with van der Waals surface area (Å²) in [6.07, 6.45) is 4.18. The first-order valence-corrected chi connectivity index (χ1v) is 17.6. The number of nitrogens with zero attached hydrogens (tertiary/aromatic N) is 4. The van der Waals surface area contributed by atoms with Crippen molar-refractivity contribution < 1.29 is 34.2 Å². The monoisotopic (exact) mass is 724 g/mol. The predicted molar refractivity (Wildman–Crippen MR) is 204 cm³/mol. The molecule has 0 saturated carbocycles. The Morgan fingerprint density at radius 2 is 1.46 bits per heavy atom. The highest BCUT2D eigenvalue weighted by Crippen LogP contribution is 2.42. The highest BCUT2D eigenvalue weighted by Gasteiger charge is 2.38. The molecular formula is C43H36N4O7. The second-order valence-electron chi connectivity index (χ2n) is 13.8. The molecule has 4 heterocycles. The van der Waals surface area contributed by atoms with Crippen molar-refractivity contribution in [1.82, 2.24) is 0 Å². The molecule has 270 valence electrons. The number of benzene rings is 5. The van der Waals surface area contributed by atoms with Gasteiger partial charge in [0.15, 0.2) is 11.5 Å². The first-order chi connectivity index (χ1) is 27.7. The van der Waals surface area contributed by atoms with Crippen molar-refractivity contribution in [2.24, 2.45) is 4.99 Å². The summed E-state index contributed by atoms with van der Waals surface area (Å²) in [5, 5.41) is 12.2. The van der Waals surface area contributed by atoms with Gasteiger partial charge >= 0.3 is 0 Å². The van der Waals surface area contributed by atoms with Gasteiger partial charge in [0, 0.05) is 53.8 Å². The Morgan fingerprint density at radius 3 is 2.19 bits per heavy atom. The van der Waals surface area contributed by atoms with Crippen LogP contribution in [0.25, 0.3) is 0 Å². The molecule has 2 amide bonds. The fourth-order valence-electron chi connectivity index (χ4n) is 7.88. The van der Waals surface area contributed by atoms with Crippen molar-refractivity contribution in [2.75, 3.05) is 16.9 Å². The molecule has 0 aromatic heterocycles. The van der Waals surface area contributed by atoms with Gasteiger partial charge < -0.3 is 19.1 Å². The number of amides is 2. The van der Waals surface area contributed by atoms with Crippen molar-refractivity contribution >= 4 is 40.8 Å². The molecule has 5 aromatic carbocycles. The smallest absolute Gasteiger partial charge is 0.270 e. The van der Waals surface area contributed by atoms with E-state index in [9.17, 15) is 19.7 Å². The molecule has 54 heavy (non-hydrogen) atoms. The molecule has 0 radical (unpaired) electrons. The van der Waals surface area contributed by atoms with Gasteiger partial charge in [0.1, 0.15) is 18.9 Å². The SMILES string of the molecule is [2H]C([2H])(Oc1cc2c(cc1C)C(=O)N1c3ccccc3C[C@H]1C=N2)c1cc([N+](=O)[O-])cc(C([2H])([2H])Oc2cc3c(cc2OC)C(=O)N2c4ccccc4C[C@H]2CC3)c1. The Bertz CT molecular complexity index is 2610. The third kappa shape index (κ3) is 5.72. The summed E-state index contributed by atoms with van der Waals surface area (Å²) in [6.45, 7) is -3.84. The number of ether oxygens (including phenoxy) is 3. The Morgan fingerprint density at radius 1 is 0.796 bits per heavy atom. The maximum absolute atomic E-state index is 14.0. The highest BCUT2D eigenvalue weighted by molar-refractivity contribution is 6.14. The number of hydrogen-bond acceptors (Lipinski definition) is 8. The topological polar surface area (TPSA) is 124 Å². The number of nitro benzene ring substituents is 1. The third-order valence-electron chi connectivity index (χ3n) is 10.5. The molecule has 4 aliphatic rings. The summed E-state index contributed by atoms with van der Waals surface area (Å²) < 4.78 is 53.3. The van der Waals surface area contributed by atoms with Crippen molar-refractivity contribution in [2.45, 2.75) is 57.8 Å². The van der Waals surface area contributed by atoms with Gasteiger partial charge in [-0.2, -0.15) is 0 Å².